The van der Waals surface area contributed by atoms with Gasteiger partial charge in [0.25, 0.3) is 0 Å². The SMILES string of the molecule is CCCNC(Cc1ccc(C(F)(F)F)nn1)C1CC1. The van der Waals surface area contributed by atoms with E-state index in [1.165, 1.54) is 18.9 Å². The average molecular weight is 273 g/mol. The minimum atomic E-state index is -4.41. The molecule has 0 aromatic carbocycles. The van der Waals surface area contributed by atoms with Crippen LogP contribution in [0.25, 0.3) is 0 Å². The van der Waals surface area contributed by atoms with Gasteiger partial charge < -0.3 is 5.32 Å². The number of halogens is 3. The van der Waals surface area contributed by atoms with Crippen molar-refractivity contribution in [1.29, 1.82) is 0 Å². The molecule has 0 radical (unpaired) electrons. The Morgan fingerprint density at radius 3 is 2.53 bits per heavy atom. The lowest BCUT2D eigenvalue weighted by molar-refractivity contribution is -0.141. The minimum absolute atomic E-state index is 0.311. The van der Waals surface area contributed by atoms with Crippen LogP contribution in [-0.4, -0.2) is 22.8 Å². The van der Waals surface area contributed by atoms with E-state index in [4.69, 9.17) is 0 Å². The normalized spacial score (nSPS) is 17.5. The number of hydrogen-bond donors (Lipinski definition) is 1. The van der Waals surface area contributed by atoms with Crippen molar-refractivity contribution in [2.24, 2.45) is 5.92 Å². The van der Waals surface area contributed by atoms with Crippen molar-refractivity contribution in [3.8, 4) is 0 Å². The molecule has 0 bridgehead atoms. The van der Waals surface area contributed by atoms with E-state index in [-0.39, 0.29) is 0 Å². The first-order chi connectivity index (χ1) is 9.00. The first-order valence-corrected chi connectivity index (χ1v) is 6.64. The molecular weight excluding hydrogens is 255 g/mol. The summed E-state index contributed by atoms with van der Waals surface area (Å²) in [4.78, 5) is 0. The van der Waals surface area contributed by atoms with Gasteiger partial charge in [-0.05, 0) is 43.9 Å². The summed E-state index contributed by atoms with van der Waals surface area (Å²) in [6.07, 6.45) is -0.343. The Morgan fingerprint density at radius 1 is 1.32 bits per heavy atom. The van der Waals surface area contributed by atoms with Crippen molar-refractivity contribution >= 4 is 0 Å². The Bertz CT molecular complexity index is 399. The summed E-state index contributed by atoms with van der Waals surface area (Å²) in [5.74, 6) is 0.635. The predicted octanol–water partition coefficient (Wildman–Crippen LogP) is 2.82. The third kappa shape index (κ3) is 4.16. The van der Waals surface area contributed by atoms with Gasteiger partial charge in [-0.1, -0.05) is 6.92 Å². The molecule has 1 aliphatic rings. The third-order valence-corrected chi connectivity index (χ3v) is 3.29. The fourth-order valence-electron chi connectivity index (χ4n) is 2.08. The second kappa shape index (κ2) is 5.86. The van der Waals surface area contributed by atoms with Gasteiger partial charge in [0.1, 0.15) is 0 Å². The van der Waals surface area contributed by atoms with Crippen molar-refractivity contribution in [2.45, 2.75) is 44.8 Å². The van der Waals surface area contributed by atoms with Crippen LogP contribution in [0.15, 0.2) is 12.1 Å². The fraction of sp³-hybridized carbons (Fsp3) is 0.692. The molecule has 1 heterocycles. The molecule has 3 nitrogen and oxygen atoms in total. The molecule has 1 N–H and O–H groups in total. The zero-order valence-corrected chi connectivity index (χ0v) is 10.9. The zero-order chi connectivity index (χ0) is 13.9. The molecule has 0 aliphatic heterocycles. The molecule has 1 saturated carbocycles. The smallest absolute Gasteiger partial charge is 0.313 e. The molecule has 106 valence electrons. The number of aromatic nitrogens is 2. The number of nitrogens with one attached hydrogen (secondary N) is 1. The highest BCUT2D eigenvalue weighted by molar-refractivity contribution is 5.11. The van der Waals surface area contributed by atoms with Crippen molar-refractivity contribution in [1.82, 2.24) is 15.5 Å². The maximum Gasteiger partial charge on any atom is 0.435 e. The molecule has 1 atom stereocenters. The van der Waals surface area contributed by atoms with Crippen LogP contribution >= 0.6 is 0 Å². The summed E-state index contributed by atoms with van der Waals surface area (Å²) in [6.45, 7) is 3.02. The molecule has 2 rings (SSSR count). The molecule has 6 heteroatoms. The summed E-state index contributed by atoms with van der Waals surface area (Å²) in [5.41, 5.74) is -0.311. The monoisotopic (exact) mass is 273 g/mol. The van der Waals surface area contributed by atoms with Gasteiger partial charge in [0.2, 0.25) is 0 Å². The van der Waals surface area contributed by atoms with E-state index in [9.17, 15) is 13.2 Å². The largest absolute Gasteiger partial charge is 0.435 e. The van der Waals surface area contributed by atoms with Crippen molar-refractivity contribution in [3.05, 3.63) is 23.5 Å². The predicted molar refractivity (Wildman–Crippen MR) is 65.5 cm³/mol. The molecule has 19 heavy (non-hydrogen) atoms. The molecule has 0 saturated heterocycles. The molecule has 0 spiro atoms. The minimum Gasteiger partial charge on any atom is -0.313 e. The van der Waals surface area contributed by atoms with Crippen molar-refractivity contribution in [3.63, 3.8) is 0 Å². The van der Waals surface area contributed by atoms with Crippen LogP contribution in [0, 0.1) is 5.92 Å². The van der Waals surface area contributed by atoms with Crippen LogP contribution < -0.4 is 5.32 Å². The van der Waals surface area contributed by atoms with Crippen LogP contribution in [0.5, 0.6) is 0 Å². The number of nitrogens with zero attached hydrogens (tertiary/aromatic N) is 2. The first-order valence-electron chi connectivity index (χ1n) is 6.64. The van der Waals surface area contributed by atoms with Gasteiger partial charge in [-0.25, -0.2) is 0 Å². The van der Waals surface area contributed by atoms with Crippen LogP contribution in [0.1, 0.15) is 37.6 Å². The standard InChI is InChI=1S/C13H18F3N3/c1-2-7-17-11(9-3-4-9)8-10-5-6-12(19-18-10)13(14,15)16/h5-6,9,11,17H,2-4,7-8H2,1H3. The molecule has 1 aromatic heterocycles. The van der Waals surface area contributed by atoms with Gasteiger partial charge in [0, 0.05) is 12.5 Å². The maximum atomic E-state index is 12.4. The van der Waals surface area contributed by atoms with Gasteiger partial charge in [0.15, 0.2) is 5.69 Å². The third-order valence-electron chi connectivity index (χ3n) is 3.29. The lowest BCUT2D eigenvalue weighted by atomic mass is 10.1. The number of hydrogen-bond acceptors (Lipinski definition) is 3. The molecule has 0 amide bonds. The first kappa shape index (κ1) is 14.2. The summed E-state index contributed by atoms with van der Waals surface area (Å²) in [7, 11) is 0. The van der Waals surface area contributed by atoms with E-state index >= 15 is 0 Å². The number of alkyl halides is 3. The highest BCUT2D eigenvalue weighted by atomic mass is 19.4. The topological polar surface area (TPSA) is 37.8 Å². The summed E-state index contributed by atoms with van der Waals surface area (Å²) in [6, 6.07) is 2.75. The molecule has 1 unspecified atom stereocenters. The van der Waals surface area contributed by atoms with Gasteiger partial charge in [-0.2, -0.15) is 18.3 Å². The van der Waals surface area contributed by atoms with Gasteiger partial charge in [-0.15, -0.1) is 5.10 Å². The van der Waals surface area contributed by atoms with E-state index in [2.05, 4.69) is 22.4 Å². The van der Waals surface area contributed by atoms with Gasteiger partial charge >= 0.3 is 6.18 Å². The Hall–Kier alpha value is -1.17. The van der Waals surface area contributed by atoms with Crippen molar-refractivity contribution < 1.29 is 13.2 Å². The van der Waals surface area contributed by atoms with E-state index in [1.807, 2.05) is 0 Å². The summed E-state index contributed by atoms with van der Waals surface area (Å²) in [5, 5.41) is 10.4. The molecule has 1 aliphatic carbocycles. The maximum absolute atomic E-state index is 12.4. The fourth-order valence-corrected chi connectivity index (χ4v) is 2.08. The summed E-state index contributed by atoms with van der Waals surface area (Å²) < 4.78 is 37.1. The Labute approximate surface area is 110 Å². The van der Waals surface area contributed by atoms with Crippen LogP contribution in [-0.2, 0) is 12.6 Å². The van der Waals surface area contributed by atoms with E-state index in [0.29, 0.717) is 24.1 Å². The molecule has 1 aromatic rings. The van der Waals surface area contributed by atoms with Gasteiger partial charge in [-0.3, -0.25) is 0 Å². The Morgan fingerprint density at radius 2 is 2.05 bits per heavy atom. The highest BCUT2D eigenvalue weighted by Crippen LogP contribution is 2.34. The van der Waals surface area contributed by atoms with Gasteiger partial charge in [0.05, 0.1) is 5.69 Å². The number of rotatable bonds is 6. The Kier molecular flexibility index (Phi) is 4.39. The second-order valence-corrected chi connectivity index (χ2v) is 5.01. The van der Waals surface area contributed by atoms with E-state index < -0.39 is 11.9 Å². The van der Waals surface area contributed by atoms with Crippen LogP contribution in [0.3, 0.4) is 0 Å². The summed E-state index contributed by atoms with van der Waals surface area (Å²) >= 11 is 0. The quantitative estimate of drug-likeness (QED) is 0.866. The highest BCUT2D eigenvalue weighted by Gasteiger charge is 2.34. The molecular formula is C13H18F3N3. The molecule has 1 fully saturated rings. The van der Waals surface area contributed by atoms with E-state index in [1.54, 1.807) is 0 Å². The Balaban J connectivity index is 1.97. The lowest BCUT2D eigenvalue weighted by Crippen LogP contribution is -2.34. The van der Waals surface area contributed by atoms with Crippen LogP contribution in [0.2, 0.25) is 0 Å². The van der Waals surface area contributed by atoms with Crippen LogP contribution in [0.4, 0.5) is 13.2 Å². The average Bonchev–Trinajstić information content (AvgIpc) is 3.18. The second-order valence-electron chi connectivity index (χ2n) is 5.01. The van der Waals surface area contributed by atoms with E-state index in [0.717, 1.165) is 19.0 Å². The lowest BCUT2D eigenvalue weighted by Gasteiger charge is -2.17. The van der Waals surface area contributed by atoms with Crippen molar-refractivity contribution in [2.75, 3.05) is 6.54 Å². The zero-order valence-electron chi connectivity index (χ0n) is 10.9.